The van der Waals surface area contributed by atoms with Crippen molar-refractivity contribution in [3.05, 3.63) is 59.5 Å². The number of fused-ring (bicyclic) bond motifs is 1. The summed E-state index contributed by atoms with van der Waals surface area (Å²) in [5.41, 5.74) is 2.01. The van der Waals surface area contributed by atoms with E-state index >= 15 is 0 Å². The highest BCUT2D eigenvalue weighted by Gasteiger charge is 2.11. The van der Waals surface area contributed by atoms with Gasteiger partial charge in [-0.05, 0) is 39.4 Å². The number of hydrogen-bond donors (Lipinski definition) is 0. The minimum atomic E-state index is -0.384. The van der Waals surface area contributed by atoms with Crippen LogP contribution in [0.3, 0.4) is 0 Å². The summed E-state index contributed by atoms with van der Waals surface area (Å²) in [6.45, 7) is 0. The average Bonchev–Trinajstić information content (AvgIpc) is 2.94. The van der Waals surface area contributed by atoms with Gasteiger partial charge in [0.2, 0.25) is 0 Å². The molecule has 3 aromatic rings. The first-order chi connectivity index (χ1) is 9.78. The maximum atomic E-state index is 11.3. The van der Waals surface area contributed by atoms with Crippen molar-refractivity contribution >= 4 is 34.2 Å². The van der Waals surface area contributed by atoms with Crippen molar-refractivity contribution in [1.29, 1.82) is 0 Å². The van der Waals surface area contributed by atoms with Crippen LogP contribution in [0.2, 0.25) is 0 Å². The van der Waals surface area contributed by atoms with E-state index < -0.39 is 0 Å². The maximum Gasteiger partial charge on any atom is 0.199 e. The van der Waals surface area contributed by atoms with Crippen LogP contribution in [-0.2, 0) is 16.0 Å². The summed E-state index contributed by atoms with van der Waals surface area (Å²) in [4.78, 5) is 22.9. The van der Waals surface area contributed by atoms with Gasteiger partial charge in [0.1, 0.15) is 0 Å². The van der Waals surface area contributed by atoms with E-state index in [1.54, 1.807) is 11.3 Å². The molecule has 0 spiro atoms. The molecule has 0 fully saturated rings. The molecule has 0 amide bonds. The molecule has 2 nitrogen and oxygen atoms in total. The van der Waals surface area contributed by atoms with Crippen molar-refractivity contribution in [3.63, 3.8) is 0 Å². The molecule has 98 valence electrons. The van der Waals surface area contributed by atoms with Gasteiger partial charge < -0.3 is 0 Å². The predicted molar refractivity (Wildman–Crippen MR) is 82.0 cm³/mol. The van der Waals surface area contributed by atoms with Crippen molar-refractivity contribution in [1.82, 2.24) is 0 Å². The van der Waals surface area contributed by atoms with Crippen LogP contribution in [0, 0.1) is 0 Å². The molecule has 3 rings (SSSR count). The molecule has 1 aromatic heterocycles. The number of thiophene rings is 1. The first kappa shape index (κ1) is 12.8. The first-order valence-electron chi connectivity index (χ1n) is 6.31. The van der Waals surface area contributed by atoms with Crippen molar-refractivity contribution in [2.75, 3.05) is 0 Å². The lowest BCUT2D eigenvalue weighted by atomic mass is 10.0. The van der Waals surface area contributed by atoms with Gasteiger partial charge in [-0.1, -0.05) is 36.4 Å². The van der Waals surface area contributed by atoms with E-state index in [2.05, 4.69) is 30.3 Å². The maximum absolute atomic E-state index is 11.3. The van der Waals surface area contributed by atoms with E-state index in [0.717, 1.165) is 16.0 Å². The molecule has 0 saturated carbocycles. The van der Waals surface area contributed by atoms with Gasteiger partial charge in [-0.15, -0.1) is 11.3 Å². The zero-order valence-corrected chi connectivity index (χ0v) is 11.5. The minimum Gasteiger partial charge on any atom is -0.295 e. The highest BCUT2D eigenvalue weighted by Crippen LogP contribution is 2.32. The molecule has 1 heterocycles. The number of rotatable bonds is 4. The van der Waals surface area contributed by atoms with Crippen molar-refractivity contribution < 1.29 is 9.59 Å². The topological polar surface area (TPSA) is 34.1 Å². The van der Waals surface area contributed by atoms with Gasteiger partial charge >= 0.3 is 0 Å². The Balaban J connectivity index is 2.05. The molecular weight excluding hydrogens is 268 g/mol. The summed E-state index contributed by atoms with van der Waals surface area (Å²) in [5.74, 6) is -0.384. The van der Waals surface area contributed by atoms with E-state index in [1.165, 1.54) is 10.8 Å². The Morgan fingerprint density at radius 1 is 1.05 bits per heavy atom. The van der Waals surface area contributed by atoms with Crippen LogP contribution in [-0.4, -0.2) is 12.1 Å². The Morgan fingerprint density at radius 3 is 2.65 bits per heavy atom. The first-order valence-corrected chi connectivity index (χ1v) is 7.19. The van der Waals surface area contributed by atoms with Crippen LogP contribution < -0.4 is 0 Å². The molecule has 0 bridgehead atoms. The van der Waals surface area contributed by atoms with Crippen LogP contribution in [0.5, 0.6) is 0 Å². The molecule has 0 unspecified atom stereocenters. The average molecular weight is 280 g/mol. The number of benzene rings is 2. The second kappa shape index (κ2) is 5.39. The fourth-order valence-electron chi connectivity index (χ4n) is 2.29. The van der Waals surface area contributed by atoms with E-state index in [9.17, 15) is 9.59 Å². The quantitative estimate of drug-likeness (QED) is 0.537. The molecule has 20 heavy (non-hydrogen) atoms. The van der Waals surface area contributed by atoms with Crippen molar-refractivity contribution in [3.8, 4) is 10.4 Å². The Kier molecular flexibility index (Phi) is 3.44. The van der Waals surface area contributed by atoms with Gasteiger partial charge in [-0.3, -0.25) is 9.59 Å². The number of carbonyl (C=O) groups excluding carboxylic acids is 2. The number of Topliss-reactive ketones (excluding diaryl/α,β-unsaturated/α-hetero) is 1. The summed E-state index contributed by atoms with van der Waals surface area (Å²) >= 11 is 1.60. The lowest BCUT2D eigenvalue weighted by molar-refractivity contribution is -0.129. The molecular formula is C17H12O2S. The van der Waals surface area contributed by atoms with E-state index in [0.29, 0.717) is 6.29 Å². The molecule has 0 radical (unpaired) electrons. The molecule has 0 atom stereocenters. The molecule has 0 aliphatic rings. The van der Waals surface area contributed by atoms with Crippen LogP contribution in [0.25, 0.3) is 21.2 Å². The summed E-state index contributed by atoms with van der Waals surface area (Å²) in [5, 5.41) is 4.32. The van der Waals surface area contributed by atoms with E-state index in [1.807, 2.05) is 23.6 Å². The predicted octanol–water partition coefficient (Wildman–Crippen LogP) is 3.88. The largest absolute Gasteiger partial charge is 0.295 e. The molecule has 0 saturated heterocycles. The van der Waals surface area contributed by atoms with E-state index in [-0.39, 0.29) is 12.2 Å². The fourth-order valence-corrected chi connectivity index (χ4v) is 3.21. The number of carbonyl (C=O) groups is 2. The molecule has 0 aliphatic heterocycles. The van der Waals surface area contributed by atoms with Crippen LogP contribution in [0.15, 0.2) is 53.9 Å². The van der Waals surface area contributed by atoms with Gasteiger partial charge in [0.15, 0.2) is 12.1 Å². The summed E-state index contributed by atoms with van der Waals surface area (Å²) in [6.07, 6.45) is 0.566. The van der Waals surface area contributed by atoms with Gasteiger partial charge in [-0.25, -0.2) is 0 Å². The van der Waals surface area contributed by atoms with Gasteiger partial charge in [0.05, 0.1) is 0 Å². The zero-order chi connectivity index (χ0) is 13.9. The summed E-state index contributed by atoms with van der Waals surface area (Å²) < 4.78 is 0. The Hall–Kier alpha value is -2.26. The summed E-state index contributed by atoms with van der Waals surface area (Å²) in [7, 11) is 0. The van der Waals surface area contributed by atoms with Crippen LogP contribution in [0.4, 0.5) is 0 Å². The monoisotopic (exact) mass is 280 g/mol. The second-order valence-corrected chi connectivity index (χ2v) is 5.51. The number of aldehydes is 1. The Bertz CT molecular complexity index is 786. The van der Waals surface area contributed by atoms with Crippen LogP contribution >= 0.6 is 11.3 Å². The molecule has 0 aliphatic carbocycles. The van der Waals surface area contributed by atoms with Crippen molar-refractivity contribution in [2.24, 2.45) is 0 Å². The normalized spacial score (nSPS) is 10.6. The SMILES string of the molecule is O=CC(=O)Cc1ccsc1-c1ccc2ccccc2c1. The third-order valence-corrected chi connectivity index (χ3v) is 4.26. The molecule has 3 heteroatoms. The number of hydrogen-bond acceptors (Lipinski definition) is 3. The molecule has 2 aromatic carbocycles. The number of ketones is 1. The highest BCUT2D eigenvalue weighted by molar-refractivity contribution is 7.13. The fraction of sp³-hybridized carbons (Fsp3) is 0.0588. The van der Waals surface area contributed by atoms with Crippen molar-refractivity contribution in [2.45, 2.75) is 6.42 Å². The zero-order valence-electron chi connectivity index (χ0n) is 10.7. The minimum absolute atomic E-state index is 0.176. The third-order valence-electron chi connectivity index (χ3n) is 3.25. The lowest BCUT2D eigenvalue weighted by Gasteiger charge is -2.04. The van der Waals surface area contributed by atoms with Gasteiger partial charge in [0.25, 0.3) is 0 Å². The summed E-state index contributed by atoms with van der Waals surface area (Å²) in [6, 6.07) is 16.3. The lowest BCUT2D eigenvalue weighted by Crippen LogP contribution is -2.03. The van der Waals surface area contributed by atoms with E-state index in [4.69, 9.17) is 0 Å². The Labute approximate surface area is 120 Å². The highest BCUT2D eigenvalue weighted by atomic mass is 32.1. The van der Waals surface area contributed by atoms with Gasteiger partial charge in [-0.2, -0.15) is 0 Å². The smallest absolute Gasteiger partial charge is 0.199 e. The third kappa shape index (κ3) is 2.40. The van der Waals surface area contributed by atoms with Gasteiger partial charge in [0, 0.05) is 11.3 Å². The molecule has 0 N–H and O–H groups in total. The standard InChI is InChI=1S/C17H12O2S/c18-11-16(19)10-15-7-8-20-17(15)14-6-5-12-3-1-2-4-13(12)9-14/h1-9,11H,10H2. The van der Waals surface area contributed by atoms with Crippen LogP contribution in [0.1, 0.15) is 5.56 Å². The Morgan fingerprint density at radius 2 is 1.85 bits per heavy atom. The second-order valence-electron chi connectivity index (χ2n) is 4.60.